The lowest BCUT2D eigenvalue weighted by atomic mass is 10.1. The van der Waals surface area contributed by atoms with Crippen LogP contribution in [0, 0.1) is 0 Å². The summed E-state index contributed by atoms with van der Waals surface area (Å²) in [6.45, 7) is 7.75. The minimum atomic E-state index is -0.524. The molecule has 0 radical (unpaired) electrons. The number of anilines is 2. The number of carbonyl (C=O) groups is 2. The second kappa shape index (κ2) is 6.66. The number of halogens is 1. The average molecular weight is 340 g/mol. The molecular weight excluding hydrogens is 318 g/mol. The van der Waals surface area contributed by atoms with E-state index in [1.54, 1.807) is 6.07 Å². The molecule has 0 spiro atoms. The molecule has 7 heteroatoms. The number of hydrogen-bond acceptors (Lipinski definition) is 4. The molecule has 1 aromatic carbocycles. The summed E-state index contributed by atoms with van der Waals surface area (Å²) in [6, 6.07) is 3.54. The third-order valence-corrected chi connectivity index (χ3v) is 3.48. The highest BCUT2D eigenvalue weighted by molar-refractivity contribution is 6.33. The van der Waals surface area contributed by atoms with Gasteiger partial charge in [0.25, 0.3) is 0 Å². The molecular formula is C16H22ClN3O3. The molecule has 1 heterocycles. The molecule has 23 heavy (non-hydrogen) atoms. The second-order valence-electron chi connectivity index (χ2n) is 6.64. The highest BCUT2D eigenvalue weighted by Gasteiger charge is 2.20. The van der Waals surface area contributed by atoms with E-state index in [2.05, 4.69) is 16.0 Å². The molecule has 1 atom stereocenters. The van der Waals surface area contributed by atoms with Gasteiger partial charge in [0.2, 0.25) is 5.91 Å². The van der Waals surface area contributed by atoms with Crippen molar-refractivity contribution in [2.45, 2.75) is 45.8 Å². The Morgan fingerprint density at radius 1 is 1.43 bits per heavy atom. The second-order valence-corrected chi connectivity index (χ2v) is 7.05. The number of fused-ring (bicyclic) bond motifs is 1. The fraction of sp³-hybridized carbons (Fsp3) is 0.500. The normalized spacial score (nSPS) is 14.7. The fourth-order valence-corrected chi connectivity index (χ4v) is 2.44. The van der Waals surface area contributed by atoms with E-state index in [9.17, 15) is 9.59 Å². The van der Waals surface area contributed by atoms with Gasteiger partial charge >= 0.3 is 6.09 Å². The molecule has 0 aromatic heterocycles. The summed E-state index contributed by atoms with van der Waals surface area (Å²) in [4.78, 5) is 23.0. The number of carbonyl (C=O) groups excluding carboxylic acids is 2. The third-order valence-electron chi connectivity index (χ3n) is 3.17. The van der Waals surface area contributed by atoms with Gasteiger partial charge in [0.15, 0.2) is 0 Å². The van der Waals surface area contributed by atoms with Gasteiger partial charge in [-0.05, 0) is 45.4 Å². The lowest BCUT2D eigenvalue weighted by Crippen LogP contribution is -2.38. The van der Waals surface area contributed by atoms with Gasteiger partial charge in [-0.15, -0.1) is 0 Å². The average Bonchev–Trinajstić information content (AvgIpc) is 2.74. The summed E-state index contributed by atoms with van der Waals surface area (Å²) in [5.41, 5.74) is 1.88. The lowest BCUT2D eigenvalue weighted by Gasteiger charge is -2.22. The minimum Gasteiger partial charge on any atom is -0.444 e. The summed E-state index contributed by atoms with van der Waals surface area (Å²) in [7, 11) is 0. The SMILES string of the molecule is CC(CNC(=O)OC(C)(C)C)Nc1cc2c(cc1Cl)NC(=O)C2. The number of ether oxygens (including phenoxy) is 1. The number of nitrogens with one attached hydrogen (secondary N) is 3. The van der Waals surface area contributed by atoms with Crippen LogP contribution in [0.2, 0.25) is 5.02 Å². The van der Waals surface area contributed by atoms with Gasteiger partial charge in [0.1, 0.15) is 5.60 Å². The summed E-state index contributed by atoms with van der Waals surface area (Å²) < 4.78 is 5.18. The zero-order chi connectivity index (χ0) is 17.2. The predicted molar refractivity (Wildman–Crippen MR) is 91.1 cm³/mol. The van der Waals surface area contributed by atoms with Crippen molar-refractivity contribution in [1.29, 1.82) is 0 Å². The number of benzene rings is 1. The van der Waals surface area contributed by atoms with Gasteiger partial charge in [-0.3, -0.25) is 4.79 Å². The van der Waals surface area contributed by atoms with Gasteiger partial charge < -0.3 is 20.7 Å². The quantitative estimate of drug-likeness (QED) is 0.787. The number of hydrogen-bond donors (Lipinski definition) is 3. The Kier molecular flexibility index (Phi) is 5.04. The van der Waals surface area contributed by atoms with E-state index in [-0.39, 0.29) is 11.9 Å². The largest absolute Gasteiger partial charge is 0.444 e. The molecule has 3 N–H and O–H groups in total. The highest BCUT2D eigenvalue weighted by atomic mass is 35.5. The van der Waals surface area contributed by atoms with Crippen molar-refractivity contribution in [3.05, 3.63) is 22.7 Å². The molecule has 0 aliphatic carbocycles. The zero-order valence-electron chi connectivity index (χ0n) is 13.7. The smallest absolute Gasteiger partial charge is 0.407 e. The van der Waals surface area contributed by atoms with Crippen molar-refractivity contribution in [3.8, 4) is 0 Å². The standard InChI is InChI=1S/C16H22ClN3O3/c1-9(8-18-15(22)23-16(2,3)4)19-13-5-10-6-14(21)20-12(10)7-11(13)17/h5,7,9,19H,6,8H2,1-4H3,(H,18,22)(H,20,21). The van der Waals surface area contributed by atoms with Crippen LogP contribution < -0.4 is 16.0 Å². The molecule has 1 aliphatic heterocycles. The first-order chi connectivity index (χ1) is 10.6. The van der Waals surface area contributed by atoms with Crippen LogP contribution in [0.3, 0.4) is 0 Å². The lowest BCUT2D eigenvalue weighted by molar-refractivity contribution is -0.115. The van der Waals surface area contributed by atoms with Crippen molar-refractivity contribution in [3.63, 3.8) is 0 Å². The van der Waals surface area contributed by atoms with Crippen LogP contribution in [-0.4, -0.2) is 30.2 Å². The summed E-state index contributed by atoms with van der Waals surface area (Å²) in [6.07, 6.45) is -0.105. The maximum absolute atomic E-state index is 11.6. The molecule has 1 aliphatic rings. The molecule has 0 saturated heterocycles. The first kappa shape index (κ1) is 17.4. The van der Waals surface area contributed by atoms with Gasteiger partial charge in [-0.25, -0.2) is 4.79 Å². The van der Waals surface area contributed by atoms with E-state index in [1.165, 1.54) is 0 Å². The van der Waals surface area contributed by atoms with E-state index in [0.29, 0.717) is 18.0 Å². The number of alkyl carbamates (subject to hydrolysis) is 1. The molecule has 2 amide bonds. The van der Waals surface area contributed by atoms with Gasteiger partial charge in [0, 0.05) is 18.3 Å². The van der Waals surface area contributed by atoms with Crippen LogP contribution in [-0.2, 0) is 16.0 Å². The maximum Gasteiger partial charge on any atom is 0.407 e. The van der Waals surface area contributed by atoms with Crippen molar-refractivity contribution < 1.29 is 14.3 Å². The number of amides is 2. The Morgan fingerprint density at radius 3 is 2.78 bits per heavy atom. The van der Waals surface area contributed by atoms with E-state index in [1.807, 2.05) is 33.8 Å². The Labute approximate surface area is 140 Å². The van der Waals surface area contributed by atoms with Gasteiger partial charge in [-0.1, -0.05) is 11.6 Å². The summed E-state index contributed by atoms with van der Waals surface area (Å²) in [5.74, 6) is -0.0344. The van der Waals surface area contributed by atoms with E-state index >= 15 is 0 Å². The third kappa shape index (κ3) is 5.03. The van der Waals surface area contributed by atoms with Crippen molar-refractivity contribution in [2.75, 3.05) is 17.2 Å². The van der Waals surface area contributed by atoms with Crippen LogP contribution in [0.15, 0.2) is 12.1 Å². The first-order valence-corrected chi connectivity index (χ1v) is 7.87. The highest BCUT2D eigenvalue weighted by Crippen LogP contribution is 2.33. The molecule has 126 valence electrons. The molecule has 0 saturated carbocycles. The predicted octanol–water partition coefficient (Wildman–Crippen LogP) is 3.16. The Balaban J connectivity index is 1.91. The van der Waals surface area contributed by atoms with Crippen LogP contribution in [0.1, 0.15) is 33.3 Å². The zero-order valence-corrected chi connectivity index (χ0v) is 14.5. The van der Waals surface area contributed by atoms with Gasteiger partial charge in [-0.2, -0.15) is 0 Å². The van der Waals surface area contributed by atoms with E-state index in [0.717, 1.165) is 16.9 Å². The molecule has 1 aromatic rings. The van der Waals surface area contributed by atoms with Crippen molar-refractivity contribution in [1.82, 2.24) is 5.32 Å². The molecule has 0 bridgehead atoms. The van der Waals surface area contributed by atoms with Gasteiger partial charge in [0.05, 0.1) is 17.1 Å². The number of rotatable bonds is 4. The van der Waals surface area contributed by atoms with Crippen LogP contribution >= 0.6 is 11.6 Å². The van der Waals surface area contributed by atoms with Crippen molar-refractivity contribution in [2.24, 2.45) is 0 Å². The Hall–Kier alpha value is -1.95. The monoisotopic (exact) mass is 339 g/mol. The topological polar surface area (TPSA) is 79.5 Å². The summed E-state index contributed by atoms with van der Waals surface area (Å²) in [5, 5.41) is 9.22. The Morgan fingerprint density at radius 2 is 2.13 bits per heavy atom. The van der Waals surface area contributed by atoms with Crippen molar-refractivity contribution >= 4 is 35.0 Å². The fourth-order valence-electron chi connectivity index (χ4n) is 2.23. The molecule has 2 rings (SSSR count). The minimum absolute atomic E-state index is 0.0344. The Bertz CT molecular complexity index is 626. The van der Waals surface area contributed by atoms with Crippen LogP contribution in [0.5, 0.6) is 0 Å². The first-order valence-electron chi connectivity index (χ1n) is 7.50. The molecule has 1 unspecified atom stereocenters. The summed E-state index contributed by atoms with van der Waals surface area (Å²) >= 11 is 6.22. The van der Waals surface area contributed by atoms with E-state index in [4.69, 9.17) is 16.3 Å². The maximum atomic E-state index is 11.6. The molecule has 6 nitrogen and oxygen atoms in total. The van der Waals surface area contributed by atoms with Crippen LogP contribution in [0.25, 0.3) is 0 Å². The van der Waals surface area contributed by atoms with Crippen LogP contribution in [0.4, 0.5) is 16.2 Å². The molecule has 0 fully saturated rings. The van der Waals surface area contributed by atoms with E-state index < -0.39 is 11.7 Å².